The molecule has 1 atom stereocenters. The van der Waals surface area contributed by atoms with Crippen molar-refractivity contribution in [3.63, 3.8) is 0 Å². The first-order valence-electron chi connectivity index (χ1n) is 6.00. The van der Waals surface area contributed by atoms with E-state index in [1.165, 1.54) is 0 Å². The van der Waals surface area contributed by atoms with Gasteiger partial charge < -0.3 is 15.4 Å². The van der Waals surface area contributed by atoms with Gasteiger partial charge >= 0.3 is 0 Å². The number of halogens is 1. The smallest absolute Gasteiger partial charge is 0.0637 e. The normalized spacial score (nSPS) is 12.2. The molecular formula is C14H21BrN2O. The molecule has 1 rings (SSSR count). The molecule has 0 radical (unpaired) electrons. The molecule has 0 fully saturated rings. The van der Waals surface area contributed by atoms with Crippen molar-refractivity contribution in [3.8, 4) is 0 Å². The highest BCUT2D eigenvalue weighted by Gasteiger charge is 2.13. The first kappa shape index (κ1) is 15.2. The number of hydrogen-bond donors (Lipinski definition) is 1. The van der Waals surface area contributed by atoms with Crippen LogP contribution in [0.3, 0.4) is 0 Å². The van der Waals surface area contributed by atoms with Gasteiger partial charge in [-0.3, -0.25) is 0 Å². The molecule has 1 aromatic rings. The zero-order chi connectivity index (χ0) is 13.5. The molecule has 2 N–H and O–H groups in total. The van der Waals surface area contributed by atoms with Crippen LogP contribution in [0.1, 0.15) is 18.5 Å². The zero-order valence-electron chi connectivity index (χ0n) is 11.0. The quantitative estimate of drug-likeness (QED) is 0.786. The number of ether oxygens (including phenoxy) is 1. The summed E-state index contributed by atoms with van der Waals surface area (Å²) < 4.78 is 6.19. The molecule has 0 amide bonds. The monoisotopic (exact) mass is 312 g/mol. The lowest BCUT2D eigenvalue weighted by atomic mass is 10.1. The Bertz CT molecular complexity index is 393. The summed E-state index contributed by atoms with van der Waals surface area (Å²) in [4.78, 5) is 2.22. The Labute approximate surface area is 118 Å². The molecule has 0 aliphatic rings. The number of nitrogens with zero attached hydrogens (tertiary/aromatic N) is 1. The van der Waals surface area contributed by atoms with Crippen molar-refractivity contribution in [2.45, 2.75) is 13.0 Å². The number of methoxy groups -OCH3 is 1. The van der Waals surface area contributed by atoms with Crippen molar-refractivity contribution in [1.82, 2.24) is 0 Å². The lowest BCUT2D eigenvalue weighted by Crippen LogP contribution is -2.29. The molecule has 0 aliphatic heterocycles. The molecule has 1 unspecified atom stereocenters. The molecular weight excluding hydrogens is 292 g/mol. The van der Waals surface area contributed by atoms with E-state index in [1.807, 2.05) is 19.1 Å². The molecule has 1 aromatic carbocycles. The summed E-state index contributed by atoms with van der Waals surface area (Å²) in [5.74, 6) is 0. The molecule has 0 spiro atoms. The second-order valence-electron chi connectivity index (χ2n) is 4.22. The summed E-state index contributed by atoms with van der Waals surface area (Å²) >= 11 is 3.49. The Balaban J connectivity index is 3.05. The maximum atomic E-state index is 6.04. The molecule has 4 heteroatoms. The van der Waals surface area contributed by atoms with E-state index < -0.39 is 0 Å². The summed E-state index contributed by atoms with van der Waals surface area (Å²) in [7, 11) is 1.71. The van der Waals surface area contributed by atoms with Crippen LogP contribution in [0.5, 0.6) is 0 Å². The van der Waals surface area contributed by atoms with Crippen molar-refractivity contribution >= 4 is 21.6 Å². The van der Waals surface area contributed by atoms with Gasteiger partial charge in [-0.05, 0) is 30.7 Å². The Hall–Kier alpha value is -0.840. The van der Waals surface area contributed by atoms with Gasteiger partial charge in [0.15, 0.2) is 0 Å². The number of anilines is 1. The van der Waals surface area contributed by atoms with Crippen molar-refractivity contribution in [2.24, 2.45) is 5.73 Å². The topological polar surface area (TPSA) is 38.5 Å². The van der Waals surface area contributed by atoms with E-state index in [-0.39, 0.29) is 6.04 Å². The van der Waals surface area contributed by atoms with Gasteiger partial charge in [-0.2, -0.15) is 0 Å². The molecule has 0 aliphatic carbocycles. The van der Waals surface area contributed by atoms with Crippen molar-refractivity contribution in [1.29, 1.82) is 0 Å². The molecule has 18 heavy (non-hydrogen) atoms. The maximum Gasteiger partial charge on any atom is 0.0637 e. The average molecular weight is 313 g/mol. The van der Waals surface area contributed by atoms with Gasteiger partial charge in [0, 0.05) is 36.4 Å². The van der Waals surface area contributed by atoms with E-state index in [1.54, 1.807) is 7.11 Å². The molecule has 0 saturated carbocycles. The van der Waals surface area contributed by atoms with E-state index in [9.17, 15) is 0 Å². The summed E-state index contributed by atoms with van der Waals surface area (Å²) in [5.41, 5.74) is 8.31. The molecule has 0 aromatic heterocycles. The molecule has 0 saturated heterocycles. The van der Waals surface area contributed by atoms with Gasteiger partial charge in [-0.25, -0.2) is 0 Å². The second kappa shape index (κ2) is 7.56. The minimum absolute atomic E-state index is 0.00707. The average Bonchev–Trinajstić information content (AvgIpc) is 2.34. The van der Waals surface area contributed by atoms with Gasteiger partial charge in [-0.15, -0.1) is 6.58 Å². The fourth-order valence-corrected chi connectivity index (χ4v) is 2.22. The number of rotatable bonds is 7. The largest absolute Gasteiger partial charge is 0.383 e. The van der Waals surface area contributed by atoms with Crippen LogP contribution < -0.4 is 10.6 Å². The van der Waals surface area contributed by atoms with Crippen molar-refractivity contribution < 1.29 is 4.74 Å². The van der Waals surface area contributed by atoms with Crippen LogP contribution in [0.25, 0.3) is 0 Å². The summed E-state index contributed by atoms with van der Waals surface area (Å²) in [6.07, 6.45) is 1.89. The molecule has 0 heterocycles. The fourth-order valence-electron chi connectivity index (χ4n) is 1.85. The Morgan fingerprint density at radius 1 is 1.56 bits per heavy atom. The van der Waals surface area contributed by atoms with E-state index in [2.05, 4.69) is 39.5 Å². The highest BCUT2D eigenvalue weighted by Crippen LogP contribution is 2.28. The first-order chi connectivity index (χ1) is 8.60. The maximum absolute atomic E-state index is 6.04. The third kappa shape index (κ3) is 4.12. The van der Waals surface area contributed by atoms with Crippen molar-refractivity contribution in [3.05, 3.63) is 40.9 Å². The van der Waals surface area contributed by atoms with Gasteiger partial charge in [0.05, 0.1) is 6.61 Å². The third-order valence-electron chi connectivity index (χ3n) is 2.74. The lowest BCUT2D eigenvalue weighted by molar-refractivity contribution is 0.205. The van der Waals surface area contributed by atoms with E-state index >= 15 is 0 Å². The minimum atomic E-state index is -0.00707. The Kier molecular flexibility index (Phi) is 6.39. The third-order valence-corrected chi connectivity index (χ3v) is 3.23. The van der Waals surface area contributed by atoms with Crippen LogP contribution >= 0.6 is 15.9 Å². The van der Waals surface area contributed by atoms with Crippen LogP contribution in [-0.2, 0) is 4.74 Å². The van der Waals surface area contributed by atoms with Gasteiger partial charge in [0.2, 0.25) is 0 Å². The van der Waals surface area contributed by atoms with Crippen LogP contribution in [-0.4, -0.2) is 26.8 Å². The van der Waals surface area contributed by atoms with Crippen LogP contribution in [0.4, 0.5) is 5.69 Å². The predicted octanol–water partition coefficient (Wildman–Crippen LogP) is 3.11. The standard InChI is InChI=1S/C14H21BrN2O/c1-4-7-17(8-9-18-3)14-6-5-12(15)10-13(14)11(2)16/h4-6,10-11H,1,7-9,16H2,2-3H3. The molecule has 3 nitrogen and oxygen atoms in total. The van der Waals surface area contributed by atoms with Crippen LogP contribution in [0.2, 0.25) is 0 Å². The summed E-state index contributed by atoms with van der Waals surface area (Å²) in [6.45, 7) is 8.09. The fraction of sp³-hybridized carbons (Fsp3) is 0.429. The SMILES string of the molecule is C=CCN(CCOC)c1ccc(Br)cc1C(C)N. The van der Waals surface area contributed by atoms with Crippen LogP contribution in [0.15, 0.2) is 35.3 Å². The lowest BCUT2D eigenvalue weighted by Gasteiger charge is -2.27. The van der Waals surface area contributed by atoms with Gasteiger partial charge in [0.25, 0.3) is 0 Å². The van der Waals surface area contributed by atoms with Crippen LogP contribution in [0, 0.1) is 0 Å². The predicted molar refractivity (Wildman–Crippen MR) is 81.0 cm³/mol. The molecule has 100 valence electrons. The zero-order valence-corrected chi connectivity index (χ0v) is 12.6. The van der Waals surface area contributed by atoms with Gasteiger partial charge in [0.1, 0.15) is 0 Å². The first-order valence-corrected chi connectivity index (χ1v) is 6.79. The summed E-state index contributed by atoms with van der Waals surface area (Å²) in [6, 6.07) is 6.18. The van der Waals surface area contributed by atoms with E-state index in [4.69, 9.17) is 10.5 Å². The summed E-state index contributed by atoms with van der Waals surface area (Å²) in [5, 5.41) is 0. The highest BCUT2D eigenvalue weighted by atomic mass is 79.9. The van der Waals surface area contributed by atoms with E-state index in [0.717, 1.165) is 28.8 Å². The number of nitrogens with two attached hydrogens (primary N) is 1. The second-order valence-corrected chi connectivity index (χ2v) is 5.13. The molecule has 0 bridgehead atoms. The van der Waals surface area contributed by atoms with Crippen molar-refractivity contribution in [2.75, 3.05) is 31.7 Å². The minimum Gasteiger partial charge on any atom is -0.383 e. The Morgan fingerprint density at radius 3 is 2.83 bits per heavy atom. The van der Waals surface area contributed by atoms with Gasteiger partial charge in [-0.1, -0.05) is 22.0 Å². The van der Waals surface area contributed by atoms with E-state index in [0.29, 0.717) is 6.61 Å². The number of hydrogen-bond acceptors (Lipinski definition) is 3. The number of benzene rings is 1. The highest BCUT2D eigenvalue weighted by molar-refractivity contribution is 9.10. The Morgan fingerprint density at radius 2 is 2.28 bits per heavy atom.